The minimum absolute atomic E-state index is 0.0917. The van der Waals surface area contributed by atoms with Gasteiger partial charge in [0.05, 0.1) is 18.1 Å². The van der Waals surface area contributed by atoms with Crippen molar-refractivity contribution < 1.29 is 29.3 Å². The van der Waals surface area contributed by atoms with Crippen LogP contribution in [-0.4, -0.2) is 69.6 Å². The lowest BCUT2D eigenvalue weighted by molar-refractivity contribution is -0.157. The van der Waals surface area contributed by atoms with Gasteiger partial charge >= 0.3 is 11.9 Å². The van der Waals surface area contributed by atoms with Crippen LogP contribution in [0.4, 0.5) is 5.69 Å². The first-order valence-corrected chi connectivity index (χ1v) is 9.26. The number of carboxylic acids is 2. The summed E-state index contributed by atoms with van der Waals surface area (Å²) in [5.41, 5.74) is 1.77. The molecule has 1 amide bonds. The van der Waals surface area contributed by atoms with Crippen molar-refractivity contribution >= 4 is 57.9 Å². The number of ether oxygens (including phenoxy) is 1. The minimum Gasteiger partial charge on any atom is -0.479 e. The van der Waals surface area contributed by atoms with Crippen LogP contribution in [0.25, 0.3) is 6.08 Å². The van der Waals surface area contributed by atoms with Crippen molar-refractivity contribution in [1.29, 1.82) is 0 Å². The van der Waals surface area contributed by atoms with Crippen LogP contribution >= 0.6 is 24.0 Å². The zero-order chi connectivity index (χ0) is 19.6. The molecule has 2 fully saturated rings. The highest BCUT2D eigenvalue weighted by Crippen LogP contribution is 2.34. The molecule has 0 aromatic heterocycles. The number of rotatable bonds is 5. The SMILES string of the molecule is O=C(O)C(C(=O)O)N1C(=O)/C(=C\c2ccc(N3CCOCC3)cc2)SC1=S. The Morgan fingerprint density at radius 2 is 1.74 bits per heavy atom. The largest absolute Gasteiger partial charge is 0.479 e. The summed E-state index contributed by atoms with van der Waals surface area (Å²) in [6.45, 7) is 2.98. The van der Waals surface area contributed by atoms with Crippen LogP contribution in [0.15, 0.2) is 29.2 Å². The number of benzene rings is 1. The van der Waals surface area contributed by atoms with Gasteiger partial charge in [-0.2, -0.15) is 0 Å². The van der Waals surface area contributed by atoms with Crippen molar-refractivity contribution in [2.24, 2.45) is 0 Å². The number of morpholine rings is 1. The van der Waals surface area contributed by atoms with E-state index in [-0.39, 0.29) is 9.23 Å². The molecule has 2 saturated heterocycles. The first-order chi connectivity index (χ1) is 12.9. The van der Waals surface area contributed by atoms with Gasteiger partial charge in [-0.1, -0.05) is 36.1 Å². The van der Waals surface area contributed by atoms with Gasteiger partial charge in [0.15, 0.2) is 0 Å². The summed E-state index contributed by atoms with van der Waals surface area (Å²) in [5.74, 6) is -4.01. The average molecular weight is 408 g/mol. The smallest absolute Gasteiger partial charge is 0.338 e. The van der Waals surface area contributed by atoms with Crippen LogP contribution < -0.4 is 4.90 Å². The number of hydrogen-bond acceptors (Lipinski definition) is 7. The average Bonchev–Trinajstić information content (AvgIpc) is 2.90. The highest BCUT2D eigenvalue weighted by atomic mass is 32.2. The number of amides is 1. The first-order valence-electron chi connectivity index (χ1n) is 8.04. The molecule has 1 aromatic carbocycles. The standard InChI is InChI=1S/C17H16N2O6S2/c20-14-12(27-17(26)19(14)13(15(21)22)16(23)24)9-10-1-3-11(4-2-10)18-5-7-25-8-6-18/h1-4,9,13H,5-8H2,(H,21,22)(H,23,24)/b12-9+. The van der Waals surface area contributed by atoms with Crippen LogP contribution in [0, 0.1) is 0 Å². The van der Waals surface area contributed by atoms with Gasteiger partial charge in [-0.3, -0.25) is 9.69 Å². The van der Waals surface area contributed by atoms with Crippen molar-refractivity contribution in [3.8, 4) is 0 Å². The molecule has 0 bridgehead atoms. The van der Waals surface area contributed by atoms with Gasteiger partial charge in [0, 0.05) is 18.8 Å². The summed E-state index contributed by atoms with van der Waals surface area (Å²) >= 11 is 5.90. The molecule has 1 aromatic rings. The molecule has 2 aliphatic heterocycles. The second kappa shape index (κ2) is 8.07. The third-order valence-corrected chi connectivity index (χ3v) is 5.45. The van der Waals surface area contributed by atoms with E-state index in [1.165, 1.54) is 0 Å². The molecule has 0 radical (unpaired) electrons. The molecule has 8 nitrogen and oxygen atoms in total. The van der Waals surface area contributed by atoms with Crippen molar-refractivity contribution in [1.82, 2.24) is 4.90 Å². The van der Waals surface area contributed by atoms with E-state index in [0.29, 0.717) is 18.1 Å². The van der Waals surface area contributed by atoms with E-state index in [9.17, 15) is 14.4 Å². The van der Waals surface area contributed by atoms with Gasteiger partial charge in [-0.05, 0) is 23.8 Å². The van der Waals surface area contributed by atoms with Crippen molar-refractivity contribution in [2.45, 2.75) is 6.04 Å². The molecule has 2 N–H and O–H groups in total. The molecular formula is C17H16N2O6S2. The lowest BCUT2D eigenvalue weighted by Gasteiger charge is -2.28. The molecule has 3 rings (SSSR count). The van der Waals surface area contributed by atoms with Crippen LogP contribution in [0.1, 0.15) is 5.56 Å². The summed E-state index contributed by atoms with van der Waals surface area (Å²) in [6.07, 6.45) is 1.57. The fourth-order valence-electron chi connectivity index (χ4n) is 2.78. The summed E-state index contributed by atoms with van der Waals surface area (Å²) < 4.78 is 5.23. The predicted octanol–water partition coefficient (Wildman–Crippen LogP) is 1.26. The Bertz CT molecular complexity index is 803. The van der Waals surface area contributed by atoms with Crippen molar-refractivity contribution in [3.05, 3.63) is 34.7 Å². The molecule has 0 aliphatic carbocycles. The van der Waals surface area contributed by atoms with E-state index in [4.69, 9.17) is 27.2 Å². The van der Waals surface area contributed by atoms with E-state index in [1.54, 1.807) is 6.08 Å². The predicted molar refractivity (Wildman–Crippen MR) is 104 cm³/mol. The summed E-state index contributed by atoms with van der Waals surface area (Å²) in [7, 11) is 0. The maximum Gasteiger partial charge on any atom is 0.338 e. The number of carbonyl (C=O) groups excluding carboxylic acids is 1. The Morgan fingerprint density at radius 3 is 2.30 bits per heavy atom. The van der Waals surface area contributed by atoms with Crippen molar-refractivity contribution in [2.75, 3.05) is 31.2 Å². The second-order valence-electron chi connectivity index (χ2n) is 5.82. The first kappa shape index (κ1) is 19.3. The summed E-state index contributed by atoms with van der Waals surface area (Å²) in [6, 6.07) is 5.49. The number of anilines is 1. The molecule has 0 atom stereocenters. The molecule has 10 heteroatoms. The molecular weight excluding hydrogens is 392 g/mol. The summed E-state index contributed by atoms with van der Waals surface area (Å²) in [5, 5.41) is 18.2. The van der Waals surface area contributed by atoms with E-state index in [0.717, 1.165) is 36.1 Å². The lowest BCUT2D eigenvalue weighted by atomic mass is 10.1. The number of carbonyl (C=O) groups is 3. The number of nitrogens with zero attached hydrogens (tertiary/aromatic N) is 2. The van der Waals surface area contributed by atoms with E-state index >= 15 is 0 Å². The maximum absolute atomic E-state index is 12.5. The van der Waals surface area contributed by atoms with Crippen LogP contribution in [0.5, 0.6) is 0 Å². The van der Waals surface area contributed by atoms with Crippen LogP contribution in [-0.2, 0) is 19.1 Å². The highest BCUT2D eigenvalue weighted by molar-refractivity contribution is 8.26. The van der Waals surface area contributed by atoms with Gasteiger partial charge < -0.3 is 19.8 Å². The lowest BCUT2D eigenvalue weighted by Crippen LogP contribution is -2.48. The minimum atomic E-state index is -2.04. The molecule has 0 spiro atoms. The molecule has 27 heavy (non-hydrogen) atoms. The third kappa shape index (κ3) is 4.12. The normalized spacial score (nSPS) is 19.2. The van der Waals surface area contributed by atoms with Crippen molar-refractivity contribution in [3.63, 3.8) is 0 Å². The number of hydrogen-bond donors (Lipinski definition) is 2. The Labute approximate surface area is 164 Å². The quantitative estimate of drug-likeness (QED) is 0.423. The van der Waals surface area contributed by atoms with E-state index in [2.05, 4.69) is 4.90 Å². The van der Waals surface area contributed by atoms with Gasteiger partial charge in [0.25, 0.3) is 5.91 Å². The van der Waals surface area contributed by atoms with Gasteiger partial charge in [0.2, 0.25) is 6.04 Å². The Hall–Kier alpha value is -2.43. The van der Waals surface area contributed by atoms with Crippen LogP contribution in [0.2, 0.25) is 0 Å². The fourth-order valence-corrected chi connectivity index (χ4v) is 4.10. The molecule has 142 valence electrons. The molecule has 0 saturated carbocycles. The number of carboxylic acid groups (broad SMARTS) is 2. The molecule has 0 unspecified atom stereocenters. The zero-order valence-electron chi connectivity index (χ0n) is 14.0. The Kier molecular flexibility index (Phi) is 5.78. The van der Waals surface area contributed by atoms with Gasteiger partial charge in [-0.25, -0.2) is 9.59 Å². The maximum atomic E-state index is 12.5. The third-order valence-electron chi connectivity index (χ3n) is 4.12. The second-order valence-corrected chi connectivity index (χ2v) is 7.50. The van der Waals surface area contributed by atoms with Gasteiger partial charge in [-0.15, -0.1) is 0 Å². The Morgan fingerprint density at radius 1 is 1.15 bits per heavy atom. The number of thioether (sulfide) groups is 1. The monoisotopic (exact) mass is 408 g/mol. The fraction of sp³-hybridized carbons (Fsp3) is 0.294. The zero-order valence-corrected chi connectivity index (χ0v) is 15.7. The van der Waals surface area contributed by atoms with E-state index < -0.39 is 23.9 Å². The van der Waals surface area contributed by atoms with Gasteiger partial charge in [0.1, 0.15) is 4.32 Å². The topological polar surface area (TPSA) is 107 Å². The number of aliphatic carboxylic acids is 2. The molecule has 2 heterocycles. The highest BCUT2D eigenvalue weighted by Gasteiger charge is 2.44. The molecule has 2 aliphatic rings. The van der Waals surface area contributed by atoms with E-state index in [1.807, 2.05) is 24.3 Å². The Balaban J connectivity index is 1.79. The summed E-state index contributed by atoms with van der Waals surface area (Å²) in [4.78, 5) is 37.9. The van der Waals surface area contributed by atoms with Crippen LogP contribution in [0.3, 0.4) is 0 Å². The number of thiocarbonyl (C=S) groups is 1.